The zero-order valence-electron chi connectivity index (χ0n) is 17.1. The number of nitrogens with two attached hydrogens (primary N) is 1. The summed E-state index contributed by atoms with van der Waals surface area (Å²) in [6.45, 7) is 2.24. The van der Waals surface area contributed by atoms with E-state index >= 15 is 0 Å². The largest absolute Gasteiger partial charge is 0.494 e. The third-order valence-corrected chi connectivity index (χ3v) is 7.66. The highest BCUT2D eigenvalue weighted by atomic mass is 35.5. The van der Waals surface area contributed by atoms with Crippen molar-refractivity contribution < 1.29 is 23.1 Å². The van der Waals surface area contributed by atoms with Gasteiger partial charge in [0.25, 0.3) is 15.9 Å². The molecular formula is C23H21ClN2O5S. The van der Waals surface area contributed by atoms with Gasteiger partial charge in [0.15, 0.2) is 5.54 Å². The molecule has 3 aromatic carbocycles. The molecule has 4 rings (SSSR count). The van der Waals surface area contributed by atoms with Crippen LogP contribution in [0.3, 0.4) is 0 Å². The van der Waals surface area contributed by atoms with Gasteiger partial charge in [0.05, 0.1) is 17.2 Å². The topological polar surface area (TPSA) is 110 Å². The molecule has 1 aliphatic rings. The molecule has 0 spiro atoms. The van der Waals surface area contributed by atoms with Gasteiger partial charge in [-0.25, -0.2) is 12.7 Å². The predicted molar refractivity (Wildman–Crippen MR) is 121 cm³/mol. The van der Waals surface area contributed by atoms with Gasteiger partial charge in [-0.1, -0.05) is 48.0 Å². The number of hydrogen-bond acceptors (Lipinski definition) is 5. The molecule has 0 fully saturated rings. The molecule has 1 aliphatic heterocycles. The number of fused-ring (bicyclic) bond motifs is 1. The second-order valence-electron chi connectivity index (χ2n) is 7.25. The minimum absolute atomic E-state index is 0.0902. The Morgan fingerprint density at radius 2 is 1.72 bits per heavy atom. The summed E-state index contributed by atoms with van der Waals surface area (Å²) in [5.74, 6) is -0.551. The molecule has 3 aromatic rings. The molecule has 0 aromatic heterocycles. The Morgan fingerprint density at radius 3 is 2.34 bits per heavy atom. The normalized spacial score (nSPS) is 20.1. The van der Waals surface area contributed by atoms with E-state index in [2.05, 4.69) is 0 Å². The summed E-state index contributed by atoms with van der Waals surface area (Å²) in [5, 5.41) is 11.5. The molecule has 0 saturated carbocycles. The van der Waals surface area contributed by atoms with E-state index in [4.69, 9.17) is 22.1 Å². The number of aliphatic hydroxyl groups is 1. The van der Waals surface area contributed by atoms with Crippen molar-refractivity contribution in [3.63, 3.8) is 0 Å². The molecule has 9 heteroatoms. The Morgan fingerprint density at radius 1 is 1.09 bits per heavy atom. The van der Waals surface area contributed by atoms with E-state index in [0.29, 0.717) is 12.4 Å². The fraction of sp³-hybridized carbons (Fsp3) is 0.174. The van der Waals surface area contributed by atoms with Gasteiger partial charge in [-0.05, 0) is 43.3 Å². The zero-order chi connectivity index (χ0) is 23.1. The number of rotatable bonds is 6. The first-order valence-corrected chi connectivity index (χ1v) is 11.7. The summed E-state index contributed by atoms with van der Waals surface area (Å²) < 4.78 is 34.2. The van der Waals surface area contributed by atoms with Crippen LogP contribution in [0.25, 0.3) is 0 Å². The number of halogens is 1. The summed E-state index contributed by atoms with van der Waals surface area (Å²) >= 11 is 6.41. The number of aliphatic hydroxyl groups excluding tert-OH is 1. The first-order valence-electron chi connectivity index (χ1n) is 9.86. The molecule has 0 radical (unpaired) electrons. The number of ether oxygens (including phenoxy) is 1. The van der Waals surface area contributed by atoms with Gasteiger partial charge in [0.2, 0.25) is 0 Å². The number of amides is 1. The number of sulfonamides is 1. The van der Waals surface area contributed by atoms with Crippen LogP contribution in [-0.4, -0.2) is 26.0 Å². The van der Waals surface area contributed by atoms with Crippen LogP contribution in [0.1, 0.15) is 24.2 Å². The number of para-hydroxylation sites is 1. The van der Waals surface area contributed by atoms with E-state index in [1.807, 2.05) is 6.92 Å². The van der Waals surface area contributed by atoms with Crippen LogP contribution in [0.15, 0.2) is 77.7 Å². The van der Waals surface area contributed by atoms with Crippen molar-refractivity contribution in [1.29, 1.82) is 0 Å². The molecule has 0 aliphatic carbocycles. The van der Waals surface area contributed by atoms with E-state index in [9.17, 15) is 18.3 Å². The fourth-order valence-electron chi connectivity index (χ4n) is 4.12. The van der Waals surface area contributed by atoms with E-state index in [0.717, 1.165) is 4.31 Å². The lowest BCUT2D eigenvalue weighted by Gasteiger charge is -2.39. The molecule has 7 nitrogen and oxygen atoms in total. The van der Waals surface area contributed by atoms with Crippen LogP contribution in [0.2, 0.25) is 5.02 Å². The maximum atomic E-state index is 13.9. The Bertz CT molecular complexity index is 1280. The number of benzene rings is 3. The first kappa shape index (κ1) is 22.1. The Labute approximate surface area is 191 Å². The fourth-order valence-corrected chi connectivity index (χ4v) is 6.19. The summed E-state index contributed by atoms with van der Waals surface area (Å²) in [4.78, 5) is 13.0. The predicted octanol–water partition coefficient (Wildman–Crippen LogP) is 3.36. The molecule has 1 amide bonds. The van der Waals surface area contributed by atoms with E-state index in [-0.39, 0.29) is 26.7 Å². The summed E-state index contributed by atoms with van der Waals surface area (Å²) in [6.07, 6.45) is -1.58. The van der Waals surface area contributed by atoms with E-state index < -0.39 is 27.6 Å². The number of carbonyl (C=O) groups is 1. The van der Waals surface area contributed by atoms with Crippen LogP contribution in [0.4, 0.5) is 5.69 Å². The molecule has 32 heavy (non-hydrogen) atoms. The van der Waals surface area contributed by atoms with Gasteiger partial charge < -0.3 is 15.6 Å². The number of hydrogen-bond donors (Lipinski definition) is 2. The van der Waals surface area contributed by atoms with Crippen molar-refractivity contribution in [2.75, 3.05) is 10.9 Å². The van der Waals surface area contributed by atoms with Gasteiger partial charge in [-0.2, -0.15) is 0 Å². The lowest BCUT2D eigenvalue weighted by Crippen LogP contribution is -2.57. The van der Waals surface area contributed by atoms with Gasteiger partial charge >= 0.3 is 0 Å². The van der Waals surface area contributed by atoms with Gasteiger partial charge in [-0.3, -0.25) is 4.79 Å². The molecule has 3 N–H and O–H groups in total. The second-order valence-corrected chi connectivity index (χ2v) is 9.44. The number of primary amides is 1. The smallest absolute Gasteiger partial charge is 0.265 e. The first-order chi connectivity index (χ1) is 15.3. The Kier molecular flexibility index (Phi) is 5.62. The second kappa shape index (κ2) is 8.12. The SMILES string of the molecule is CCOc1ccc(S(=O)(=O)N2c3ccccc3C(O)C2(C(N)=O)c2ccccc2Cl)cc1. The summed E-state index contributed by atoms with van der Waals surface area (Å²) in [5.41, 5.74) is 4.15. The van der Waals surface area contributed by atoms with Gasteiger partial charge in [-0.15, -0.1) is 0 Å². The van der Waals surface area contributed by atoms with Crippen LogP contribution in [-0.2, 0) is 20.4 Å². The lowest BCUT2D eigenvalue weighted by molar-refractivity contribution is -0.127. The average Bonchev–Trinajstić information content (AvgIpc) is 3.05. The lowest BCUT2D eigenvalue weighted by atomic mass is 9.83. The van der Waals surface area contributed by atoms with E-state index in [1.54, 1.807) is 30.3 Å². The summed E-state index contributed by atoms with van der Waals surface area (Å²) in [6, 6.07) is 18.4. The van der Waals surface area contributed by atoms with Crippen molar-refractivity contribution in [2.45, 2.75) is 23.5 Å². The highest BCUT2D eigenvalue weighted by molar-refractivity contribution is 7.93. The van der Waals surface area contributed by atoms with Crippen molar-refractivity contribution >= 4 is 33.2 Å². The maximum absolute atomic E-state index is 13.9. The van der Waals surface area contributed by atoms with Crippen molar-refractivity contribution in [3.05, 3.63) is 88.9 Å². The van der Waals surface area contributed by atoms with Crippen molar-refractivity contribution in [1.82, 2.24) is 0 Å². The monoisotopic (exact) mass is 472 g/mol. The van der Waals surface area contributed by atoms with Crippen LogP contribution in [0.5, 0.6) is 5.75 Å². The maximum Gasteiger partial charge on any atom is 0.265 e. The number of anilines is 1. The van der Waals surface area contributed by atoms with Crippen LogP contribution < -0.4 is 14.8 Å². The number of carbonyl (C=O) groups excluding carboxylic acids is 1. The summed E-state index contributed by atoms with van der Waals surface area (Å²) in [7, 11) is -4.38. The molecule has 2 unspecified atom stereocenters. The molecule has 2 atom stereocenters. The molecule has 1 heterocycles. The average molecular weight is 473 g/mol. The quantitative estimate of drug-likeness (QED) is 0.571. The highest BCUT2D eigenvalue weighted by Gasteiger charge is 2.61. The molecular weight excluding hydrogens is 452 g/mol. The van der Waals surface area contributed by atoms with E-state index in [1.165, 1.54) is 42.5 Å². The highest BCUT2D eigenvalue weighted by Crippen LogP contribution is 2.55. The minimum Gasteiger partial charge on any atom is -0.494 e. The molecule has 166 valence electrons. The third-order valence-electron chi connectivity index (χ3n) is 5.50. The number of nitrogens with zero attached hydrogens (tertiary/aromatic N) is 1. The standard InChI is InChI=1S/C23H21ClN2O5S/c1-2-31-15-11-13-16(14-12-15)32(29,30)26-20-10-6-3-7-17(20)21(27)23(26,22(25)28)18-8-4-5-9-19(18)24/h3-14,21,27H,2H2,1H3,(H2,25,28). The molecule has 0 saturated heterocycles. The van der Waals surface area contributed by atoms with Crippen LogP contribution >= 0.6 is 11.6 Å². The zero-order valence-corrected chi connectivity index (χ0v) is 18.7. The van der Waals surface area contributed by atoms with Gasteiger partial charge in [0.1, 0.15) is 11.9 Å². The Balaban J connectivity index is 2.02. The van der Waals surface area contributed by atoms with Crippen LogP contribution in [0, 0.1) is 0 Å². The van der Waals surface area contributed by atoms with Crippen molar-refractivity contribution in [3.8, 4) is 5.75 Å². The van der Waals surface area contributed by atoms with Crippen molar-refractivity contribution in [2.24, 2.45) is 5.73 Å². The minimum atomic E-state index is -4.38. The van der Waals surface area contributed by atoms with Gasteiger partial charge in [0, 0.05) is 16.1 Å². The molecule has 0 bridgehead atoms. The third kappa shape index (κ3) is 3.14. The Hall–Kier alpha value is -3.07.